The van der Waals surface area contributed by atoms with Crippen molar-refractivity contribution in [3.63, 3.8) is 0 Å². The van der Waals surface area contributed by atoms with Crippen molar-refractivity contribution in [2.24, 2.45) is 37.3 Å². The van der Waals surface area contributed by atoms with Gasteiger partial charge >= 0.3 is 5.69 Å². The number of hydrogen-bond acceptors (Lipinski definition) is 3. The summed E-state index contributed by atoms with van der Waals surface area (Å²) in [6.07, 6.45) is 9.61. The van der Waals surface area contributed by atoms with E-state index in [1.165, 1.54) is 50.1 Å². The molecule has 0 spiro atoms. The van der Waals surface area contributed by atoms with Crippen LogP contribution in [0.15, 0.2) is 15.7 Å². The minimum absolute atomic E-state index is 0.220. The normalized spacial score (nSPS) is 34.4. The molecule has 4 saturated carbocycles. The lowest BCUT2D eigenvalue weighted by Crippen LogP contribution is -2.55. The van der Waals surface area contributed by atoms with Gasteiger partial charge in [-0.15, -0.1) is 0 Å². The van der Waals surface area contributed by atoms with Gasteiger partial charge in [0.2, 0.25) is 0 Å². The van der Waals surface area contributed by atoms with E-state index in [0.717, 1.165) is 29.9 Å². The molecule has 5 rings (SSSR count). The molecule has 4 aliphatic rings. The summed E-state index contributed by atoms with van der Waals surface area (Å²) in [5.41, 5.74) is 0.772. The second-order valence-electron chi connectivity index (χ2n) is 9.00. The first-order chi connectivity index (χ1) is 11.9. The predicted molar refractivity (Wildman–Crippen MR) is 98.4 cm³/mol. The van der Waals surface area contributed by atoms with Gasteiger partial charge in [0, 0.05) is 38.4 Å². The second-order valence-corrected chi connectivity index (χ2v) is 9.00. The smallest absolute Gasteiger partial charge is 0.308 e. The van der Waals surface area contributed by atoms with E-state index in [2.05, 4.69) is 12.2 Å². The molecule has 5 heteroatoms. The molecule has 0 radical (unpaired) electrons. The fourth-order valence-electron chi connectivity index (χ4n) is 6.57. The van der Waals surface area contributed by atoms with Gasteiger partial charge in [-0.05, 0) is 68.1 Å². The van der Waals surface area contributed by atoms with Gasteiger partial charge in [-0.3, -0.25) is 13.9 Å². The quantitative estimate of drug-likeness (QED) is 0.890. The van der Waals surface area contributed by atoms with Gasteiger partial charge < -0.3 is 5.32 Å². The van der Waals surface area contributed by atoms with E-state index in [0.29, 0.717) is 18.0 Å². The average molecular weight is 345 g/mol. The van der Waals surface area contributed by atoms with Crippen LogP contribution in [-0.2, 0) is 20.6 Å². The molecule has 25 heavy (non-hydrogen) atoms. The lowest BCUT2D eigenvalue weighted by atomic mass is 9.47. The maximum absolute atomic E-state index is 12.1. The molecule has 1 atom stereocenters. The summed E-state index contributed by atoms with van der Waals surface area (Å²) in [4.78, 5) is 24.1. The van der Waals surface area contributed by atoms with Crippen molar-refractivity contribution < 1.29 is 0 Å². The highest BCUT2D eigenvalue weighted by atomic mass is 16.2. The van der Waals surface area contributed by atoms with Crippen LogP contribution in [0.3, 0.4) is 0 Å². The molecule has 1 heterocycles. The van der Waals surface area contributed by atoms with Crippen molar-refractivity contribution >= 4 is 0 Å². The molecule has 1 N–H and O–H groups in total. The zero-order valence-electron chi connectivity index (χ0n) is 15.8. The summed E-state index contributed by atoms with van der Waals surface area (Å²) in [7, 11) is 3.29. The van der Waals surface area contributed by atoms with Crippen LogP contribution in [0.5, 0.6) is 0 Å². The van der Waals surface area contributed by atoms with Crippen molar-refractivity contribution in [2.45, 2.75) is 64.5 Å². The first kappa shape index (κ1) is 17.1. The van der Waals surface area contributed by atoms with E-state index in [4.69, 9.17) is 0 Å². The molecule has 1 aromatic rings. The number of nitrogens with one attached hydrogen (secondary N) is 1. The number of rotatable bonds is 5. The van der Waals surface area contributed by atoms with E-state index in [9.17, 15) is 9.59 Å². The largest absolute Gasteiger partial charge is 0.330 e. The minimum atomic E-state index is -0.243. The Balaban J connectivity index is 1.54. The van der Waals surface area contributed by atoms with E-state index in [1.807, 2.05) is 0 Å². The number of hydrogen-bond donors (Lipinski definition) is 1. The molecule has 0 amide bonds. The lowest BCUT2D eigenvalue weighted by molar-refractivity contribution is -0.0748. The van der Waals surface area contributed by atoms with Crippen LogP contribution in [0.2, 0.25) is 0 Å². The van der Waals surface area contributed by atoms with Crippen molar-refractivity contribution in [2.75, 3.05) is 0 Å². The van der Waals surface area contributed by atoms with E-state index in [-0.39, 0.29) is 11.2 Å². The van der Waals surface area contributed by atoms with Crippen molar-refractivity contribution in [1.82, 2.24) is 14.5 Å². The summed E-state index contributed by atoms with van der Waals surface area (Å²) in [6.45, 7) is 2.88. The fourth-order valence-corrected chi connectivity index (χ4v) is 6.57. The van der Waals surface area contributed by atoms with Gasteiger partial charge in [-0.25, -0.2) is 4.79 Å². The third-order valence-electron chi connectivity index (χ3n) is 7.39. The van der Waals surface area contributed by atoms with Gasteiger partial charge in [-0.1, -0.05) is 6.92 Å². The first-order valence-electron chi connectivity index (χ1n) is 9.91. The van der Waals surface area contributed by atoms with Gasteiger partial charge in [0.25, 0.3) is 5.56 Å². The molecule has 1 aromatic heterocycles. The zero-order valence-corrected chi connectivity index (χ0v) is 15.8. The monoisotopic (exact) mass is 345 g/mol. The van der Waals surface area contributed by atoms with Gasteiger partial charge in [0.15, 0.2) is 0 Å². The van der Waals surface area contributed by atoms with Crippen LogP contribution < -0.4 is 16.6 Å². The zero-order chi connectivity index (χ0) is 17.8. The molecule has 4 bridgehead atoms. The predicted octanol–water partition coefficient (Wildman–Crippen LogP) is 2.17. The summed E-state index contributed by atoms with van der Waals surface area (Å²) >= 11 is 0. The number of nitrogens with zero attached hydrogens (tertiary/aromatic N) is 2. The van der Waals surface area contributed by atoms with Crippen LogP contribution in [-0.4, -0.2) is 15.2 Å². The van der Waals surface area contributed by atoms with Crippen LogP contribution in [0.4, 0.5) is 0 Å². The van der Waals surface area contributed by atoms with E-state index in [1.54, 1.807) is 17.7 Å². The highest BCUT2D eigenvalue weighted by Crippen LogP contribution is 2.61. The van der Waals surface area contributed by atoms with E-state index < -0.39 is 0 Å². The second kappa shape index (κ2) is 6.11. The maximum atomic E-state index is 12.1. The molecule has 4 aliphatic carbocycles. The standard InChI is InChI=1S/C20H31N3O2/c1-4-17(20-9-13-5-14(10-20)7-15(6-13)11-20)21-12-16-8-18(24)23(3)19(25)22(16)2/h8,13-15,17,21H,4-7,9-12H2,1-3H3/t13?,14?,15?,17-,20?/m1/s1. The Morgan fingerprint density at radius 3 is 2.16 bits per heavy atom. The number of aromatic nitrogens is 2. The Morgan fingerprint density at radius 1 is 1.08 bits per heavy atom. The van der Waals surface area contributed by atoms with Gasteiger partial charge in [0.05, 0.1) is 0 Å². The van der Waals surface area contributed by atoms with E-state index >= 15 is 0 Å². The van der Waals surface area contributed by atoms with Crippen molar-refractivity contribution in [3.8, 4) is 0 Å². The van der Waals surface area contributed by atoms with Crippen molar-refractivity contribution in [3.05, 3.63) is 32.6 Å². The fraction of sp³-hybridized carbons (Fsp3) is 0.800. The third-order valence-corrected chi connectivity index (χ3v) is 7.39. The molecule has 0 saturated heterocycles. The Labute approximate surface area is 149 Å². The highest BCUT2D eigenvalue weighted by Gasteiger charge is 2.53. The lowest BCUT2D eigenvalue weighted by Gasteiger charge is -2.59. The topological polar surface area (TPSA) is 56.0 Å². The summed E-state index contributed by atoms with van der Waals surface area (Å²) < 4.78 is 2.76. The summed E-state index contributed by atoms with van der Waals surface area (Å²) in [5.74, 6) is 2.82. The van der Waals surface area contributed by atoms with Crippen molar-refractivity contribution in [1.29, 1.82) is 0 Å². The Hall–Kier alpha value is -1.36. The summed E-state index contributed by atoms with van der Waals surface area (Å²) in [6, 6.07) is 2.08. The SMILES string of the molecule is CC[C@@H](NCc1cc(=O)n(C)c(=O)n1C)C12CC3CC(CC(C3)C1)C2. The minimum Gasteiger partial charge on any atom is -0.308 e. The Morgan fingerprint density at radius 2 is 1.64 bits per heavy atom. The maximum Gasteiger partial charge on any atom is 0.330 e. The molecule has 4 fully saturated rings. The van der Waals surface area contributed by atoms with Crippen LogP contribution >= 0.6 is 0 Å². The molecule has 0 aromatic carbocycles. The first-order valence-corrected chi connectivity index (χ1v) is 9.91. The van der Waals surface area contributed by atoms with Crippen LogP contribution in [0.1, 0.15) is 57.6 Å². The van der Waals surface area contributed by atoms with Gasteiger partial charge in [0.1, 0.15) is 0 Å². The highest BCUT2D eigenvalue weighted by molar-refractivity contribution is 5.07. The van der Waals surface area contributed by atoms with Crippen LogP contribution in [0, 0.1) is 23.2 Å². The van der Waals surface area contributed by atoms with Gasteiger partial charge in [-0.2, -0.15) is 0 Å². The van der Waals surface area contributed by atoms with Crippen LogP contribution in [0.25, 0.3) is 0 Å². The molecular formula is C20H31N3O2. The Bertz CT molecular complexity index is 741. The Kier molecular flexibility index (Phi) is 4.18. The third kappa shape index (κ3) is 2.80. The molecule has 138 valence electrons. The molecule has 0 aliphatic heterocycles. The molecule has 5 nitrogen and oxygen atoms in total. The molecule has 0 unspecified atom stereocenters. The average Bonchev–Trinajstić information content (AvgIpc) is 2.56. The summed E-state index contributed by atoms with van der Waals surface area (Å²) in [5, 5.41) is 3.75. The molecular weight excluding hydrogens is 314 g/mol.